The smallest absolute Gasteiger partial charge is 0.323 e. The van der Waals surface area contributed by atoms with Gasteiger partial charge in [0.1, 0.15) is 12.6 Å². The van der Waals surface area contributed by atoms with E-state index in [4.69, 9.17) is 9.47 Å². The van der Waals surface area contributed by atoms with Crippen LogP contribution in [0.5, 0.6) is 0 Å². The van der Waals surface area contributed by atoms with E-state index in [0.717, 1.165) is 12.8 Å². The van der Waals surface area contributed by atoms with Crippen molar-refractivity contribution in [1.82, 2.24) is 5.32 Å². The topological polar surface area (TPSA) is 47.6 Å². The van der Waals surface area contributed by atoms with E-state index in [1.54, 1.807) is 6.92 Å². The molecule has 1 N–H and O–H groups in total. The minimum absolute atomic E-state index is 0.132. The van der Waals surface area contributed by atoms with E-state index in [1.165, 1.54) is 0 Å². The maximum Gasteiger partial charge on any atom is 0.323 e. The zero-order chi connectivity index (χ0) is 12.7. The number of halogens is 2. The fourth-order valence-corrected chi connectivity index (χ4v) is 1.42. The van der Waals surface area contributed by atoms with Gasteiger partial charge in [-0.2, -0.15) is 0 Å². The molecular weight excluding hydrogens is 232 g/mol. The SMILES string of the molecule is CCOC(=O)C(CCOCC(F)F)NC1CC1. The number of nitrogens with one attached hydrogen (secondary N) is 1. The predicted molar refractivity (Wildman–Crippen MR) is 58.0 cm³/mol. The molecule has 0 bridgehead atoms. The fraction of sp³-hybridized carbons (Fsp3) is 0.909. The summed E-state index contributed by atoms with van der Waals surface area (Å²) in [5, 5.41) is 3.12. The summed E-state index contributed by atoms with van der Waals surface area (Å²) in [5.74, 6) is -0.333. The molecule has 0 spiro atoms. The third-order valence-electron chi connectivity index (χ3n) is 2.38. The molecule has 0 aromatic heterocycles. The summed E-state index contributed by atoms with van der Waals surface area (Å²) in [6, 6.07) is -0.0837. The molecule has 4 nitrogen and oxygen atoms in total. The number of carbonyl (C=O) groups is 1. The molecule has 0 aromatic rings. The molecule has 0 radical (unpaired) electrons. The van der Waals surface area contributed by atoms with E-state index in [1.807, 2.05) is 0 Å². The first kappa shape index (κ1) is 14.3. The lowest BCUT2D eigenvalue weighted by Crippen LogP contribution is -2.40. The zero-order valence-electron chi connectivity index (χ0n) is 9.96. The van der Waals surface area contributed by atoms with Gasteiger partial charge in [0.05, 0.1) is 6.61 Å². The highest BCUT2D eigenvalue weighted by atomic mass is 19.3. The average Bonchev–Trinajstić information content (AvgIpc) is 3.06. The van der Waals surface area contributed by atoms with Crippen LogP contribution in [0.15, 0.2) is 0 Å². The molecule has 0 aliphatic heterocycles. The van der Waals surface area contributed by atoms with Crippen LogP contribution in [-0.2, 0) is 14.3 Å². The Bertz CT molecular complexity index is 235. The third-order valence-corrected chi connectivity index (χ3v) is 2.38. The van der Waals surface area contributed by atoms with Crippen molar-refractivity contribution in [2.75, 3.05) is 19.8 Å². The van der Waals surface area contributed by atoms with Gasteiger partial charge >= 0.3 is 5.97 Å². The van der Waals surface area contributed by atoms with Gasteiger partial charge in [0.15, 0.2) is 0 Å². The summed E-state index contributed by atoms with van der Waals surface area (Å²) in [4.78, 5) is 11.5. The van der Waals surface area contributed by atoms with Gasteiger partial charge < -0.3 is 14.8 Å². The van der Waals surface area contributed by atoms with Gasteiger partial charge in [-0.25, -0.2) is 8.78 Å². The molecular formula is C11H19F2NO3. The second-order valence-electron chi connectivity index (χ2n) is 4.00. The van der Waals surface area contributed by atoms with Crippen molar-refractivity contribution in [3.05, 3.63) is 0 Å². The molecule has 1 unspecified atom stereocenters. The summed E-state index contributed by atoms with van der Waals surface area (Å²) in [5.41, 5.74) is 0. The minimum atomic E-state index is -2.47. The number of rotatable bonds is 9. The van der Waals surface area contributed by atoms with E-state index in [2.05, 4.69) is 5.32 Å². The Labute approximate surface area is 99.7 Å². The van der Waals surface area contributed by atoms with Crippen molar-refractivity contribution < 1.29 is 23.0 Å². The fourth-order valence-electron chi connectivity index (χ4n) is 1.42. The van der Waals surface area contributed by atoms with Gasteiger partial charge in [-0.3, -0.25) is 4.79 Å². The molecule has 0 heterocycles. The summed E-state index contributed by atoms with van der Waals surface area (Å²) in [6.07, 6.45) is -0.00339. The minimum Gasteiger partial charge on any atom is -0.465 e. The van der Waals surface area contributed by atoms with Crippen LogP contribution in [0.2, 0.25) is 0 Å². The molecule has 1 saturated carbocycles. The van der Waals surface area contributed by atoms with E-state index in [9.17, 15) is 13.6 Å². The molecule has 100 valence electrons. The maximum absolute atomic E-state index is 11.8. The van der Waals surface area contributed by atoms with Crippen LogP contribution in [0.1, 0.15) is 26.2 Å². The molecule has 6 heteroatoms. The molecule has 0 saturated heterocycles. The highest BCUT2D eigenvalue weighted by Gasteiger charge is 2.28. The molecule has 0 aromatic carbocycles. The quantitative estimate of drug-likeness (QED) is 0.496. The highest BCUT2D eigenvalue weighted by Crippen LogP contribution is 2.20. The van der Waals surface area contributed by atoms with Crippen molar-refractivity contribution in [1.29, 1.82) is 0 Å². The number of hydrogen-bond donors (Lipinski definition) is 1. The van der Waals surface area contributed by atoms with E-state index in [0.29, 0.717) is 19.1 Å². The number of alkyl halides is 2. The van der Waals surface area contributed by atoms with Crippen LogP contribution in [0.3, 0.4) is 0 Å². The van der Waals surface area contributed by atoms with Gasteiger partial charge in [-0.15, -0.1) is 0 Å². The van der Waals surface area contributed by atoms with Crippen molar-refractivity contribution in [3.63, 3.8) is 0 Å². The first-order valence-electron chi connectivity index (χ1n) is 5.92. The Morgan fingerprint density at radius 2 is 2.18 bits per heavy atom. The molecule has 1 aliphatic rings. The Balaban J connectivity index is 2.21. The monoisotopic (exact) mass is 251 g/mol. The number of hydrogen-bond acceptors (Lipinski definition) is 4. The normalized spacial score (nSPS) is 17.2. The number of carbonyl (C=O) groups excluding carboxylic acids is 1. The molecule has 1 atom stereocenters. The highest BCUT2D eigenvalue weighted by molar-refractivity contribution is 5.75. The van der Waals surface area contributed by atoms with Gasteiger partial charge in [0.25, 0.3) is 6.43 Å². The second-order valence-corrected chi connectivity index (χ2v) is 4.00. The lowest BCUT2D eigenvalue weighted by atomic mass is 10.2. The predicted octanol–water partition coefficient (Wildman–Crippen LogP) is 1.34. The van der Waals surface area contributed by atoms with Crippen molar-refractivity contribution in [3.8, 4) is 0 Å². The van der Waals surface area contributed by atoms with Crippen molar-refractivity contribution in [2.24, 2.45) is 0 Å². The van der Waals surface area contributed by atoms with E-state index >= 15 is 0 Å². The van der Waals surface area contributed by atoms with Gasteiger partial charge in [0, 0.05) is 12.6 Å². The van der Waals surface area contributed by atoms with Crippen LogP contribution >= 0.6 is 0 Å². The summed E-state index contributed by atoms with van der Waals surface area (Å²) >= 11 is 0. The molecule has 0 amide bonds. The molecule has 1 aliphatic carbocycles. The summed E-state index contributed by atoms with van der Waals surface area (Å²) in [6.45, 7) is 1.60. The molecule has 1 rings (SSSR count). The number of ether oxygens (including phenoxy) is 2. The molecule has 1 fully saturated rings. The largest absolute Gasteiger partial charge is 0.465 e. The van der Waals surface area contributed by atoms with Crippen LogP contribution < -0.4 is 5.32 Å². The number of esters is 1. The Kier molecular flexibility index (Phi) is 6.36. The first-order valence-corrected chi connectivity index (χ1v) is 5.92. The average molecular weight is 251 g/mol. The second kappa shape index (κ2) is 7.55. The summed E-state index contributed by atoms with van der Waals surface area (Å²) < 4.78 is 33.3. The Morgan fingerprint density at radius 3 is 2.71 bits per heavy atom. The van der Waals surface area contributed by atoms with Crippen LogP contribution in [0.4, 0.5) is 8.78 Å². The van der Waals surface area contributed by atoms with E-state index < -0.39 is 19.1 Å². The lowest BCUT2D eigenvalue weighted by molar-refractivity contribution is -0.146. The van der Waals surface area contributed by atoms with Crippen molar-refractivity contribution >= 4 is 5.97 Å². The third kappa shape index (κ3) is 6.53. The van der Waals surface area contributed by atoms with Crippen LogP contribution in [0.25, 0.3) is 0 Å². The van der Waals surface area contributed by atoms with E-state index in [-0.39, 0.29) is 12.6 Å². The molecule has 17 heavy (non-hydrogen) atoms. The summed E-state index contributed by atoms with van der Waals surface area (Å²) in [7, 11) is 0. The van der Waals surface area contributed by atoms with Crippen molar-refractivity contribution in [2.45, 2.75) is 44.7 Å². The van der Waals surface area contributed by atoms with Gasteiger partial charge in [0.2, 0.25) is 0 Å². The zero-order valence-corrected chi connectivity index (χ0v) is 9.96. The first-order chi connectivity index (χ1) is 8.13. The van der Waals surface area contributed by atoms with Crippen LogP contribution in [-0.4, -0.2) is 44.3 Å². The lowest BCUT2D eigenvalue weighted by Gasteiger charge is -2.16. The van der Waals surface area contributed by atoms with Gasteiger partial charge in [-0.1, -0.05) is 0 Å². The maximum atomic E-state index is 11.8. The standard InChI is InChI=1S/C11H19F2NO3/c1-2-17-11(15)9(14-8-3-4-8)5-6-16-7-10(12)13/h8-10,14H,2-7H2,1H3. The van der Waals surface area contributed by atoms with Gasteiger partial charge in [-0.05, 0) is 26.2 Å². The Morgan fingerprint density at radius 1 is 1.47 bits per heavy atom. The Hall–Kier alpha value is -0.750. The van der Waals surface area contributed by atoms with Crippen LogP contribution in [0, 0.1) is 0 Å².